The van der Waals surface area contributed by atoms with Crippen LogP contribution >= 0.6 is 0 Å². The molecule has 0 radical (unpaired) electrons. The molecule has 0 saturated heterocycles. The van der Waals surface area contributed by atoms with Gasteiger partial charge in [0.15, 0.2) is 5.96 Å². The van der Waals surface area contributed by atoms with E-state index in [4.69, 9.17) is 0 Å². The van der Waals surface area contributed by atoms with Crippen molar-refractivity contribution in [1.82, 2.24) is 15.5 Å². The van der Waals surface area contributed by atoms with Gasteiger partial charge in [0.1, 0.15) is 0 Å². The summed E-state index contributed by atoms with van der Waals surface area (Å²) in [5.74, 6) is 1.64. The fraction of sp³-hybridized carbons (Fsp3) is 0.933. The summed E-state index contributed by atoms with van der Waals surface area (Å²) < 4.78 is 0. The third kappa shape index (κ3) is 6.81. The Balaban J connectivity index is 4.45. The van der Waals surface area contributed by atoms with Crippen LogP contribution in [-0.2, 0) is 0 Å². The van der Waals surface area contributed by atoms with Gasteiger partial charge in [-0.25, -0.2) is 0 Å². The molecular formula is C15H34N4. The Hall–Kier alpha value is -0.770. The minimum absolute atomic E-state index is 0.456. The molecule has 2 unspecified atom stereocenters. The molecule has 0 aromatic rings. The Morgan fingerprint density at radius 1 is 1.11 bits per heavy atom. The number of likely N-dealkylation sites (N-methyl/N-ethyl adjacent to an activating group) is 1. The lowest BCUT2D eigenvalue weighted by molar-refractivity contribution is 0.200. The predicted molar refractivity (Wildman–Crippen MR) is 85.8 cm³/mol. The first-order chi connectivity index (χ1) is 8.99. The van der Waals surface area contributed by atoms with Gasteiger partial charge in [0.25, 0.3) is 0 Å². The largest absolute Gasteiger partial charge is 0.355 e. The summed E-state index contributed by atoms with van der Waals surface area (Å²) in [5, 5.41) is 6.87. The zero-order chi connectivity index (χ0) is 14.8. The lowest BCUT2D eigenvalue weighted by Gasteiger charge is -2.32. The maximum absolute atomic E-state index is 4.29. The van der Waals surface area contributed by atoms with E-state index in [0.29, 0.717) is 12.1 Å². The van der Waals surface area contributed by atoms with Crippen LogP contribution in [-0.4, -0.2) is 50.6 Å². The fourth-order valence-electron chi connectivity index (χ4n) is 2.34. The van der Waals surface area contributed by atoms with E-state index in [9.17, 15) is 0 Å². The molecule has 0 aromatic heterocycles. The van der Waals surface area contributed by atoms with Gasteiger partial charge in [-0.2, -0.15) is 0 Å². The average molecular weight is 270 g/mol. The van der Waals surface area contributed by atoms with Crippen molar-refractivity contribution >= 4 is 5.96 Å². The van der Waals surface area contributed by atoms with Crippen molar-refractivity contribution in [3.05, 3.63) is 0 Å². The van der Waals surface area contributed by atoms with Gasteiger partial charge >= 0.3 is 0 Å². The predicted octanol–water partition coefficient (Wildman–Crippen LogP) is 2.32. The summed E-state index contributed by atoms with van der Waals surface area (Å²) in [5.41, 5.74) is 0. The van der Waals surface area contributed by atoms with E-state index >= 15 is 0 Å². The molecule has 0 saturated carbocycles. The van der Waals surface area contributed by atoms with E-state index in [1.807, 2.05) is 7.05 Å². The lowest BCUT2D eigenvalue weighted by Crippen LogP contribution is -2.49. The molecule has 0 aromatic carbocycles. The monoisotopic (exact) mass is 270 g/mol. The number of hydrogen-bond acceptors (Lipinski definition) is 2. The van der Waals surface area contributed by atoms with Crippen LogP contribution in [0.1, 0.15) is 47.0 Å². The van der Waals surface area contributed by atoms with Gasteiger partial charge in [-0.3, -0.25) is 4.99 Å². The molecule has 19 heavy (non-hydrogen) atoms. The Bertz CT molecular complexity index is 247. The molecular weight excluding hydrogens is 236 g/mol. The third-order valence-corrected chi connectivity index (χ3v) is 3.95. The summed E-state index contributed by atoms with van der Waals surface area (Å²) in [6.07, 6.45) is 3.54. The van der Waals surface area contributed by atoms with Gasteiger partial charge in [0, 0.05) is 25.7 Å². The van der Waals surface area contributed by atoms with Crippen LogP contribution in [0.5, 0.6) is 0 Å². The number of hydrogen-bond donors (Lipinski definition) is 2. The minimum Gasteiger partial charge on any atom is -0.355 e. The van der Waals surface area contributed by atoms with E-state index in [0.717, 1.165) is 24.8 Å². The Morgan fingerprint density at radius 2 is 1.68 bits per heavy atom. The molecule has 0 aliphatic rings. The molecule has 0 fully saturated rings. The maximum Gasteiger partial charge on any atom is 0.191 e. The zero-order valence-electron chi connectivity index (χ0n) is 14.0. The molecule has 4 heteroatoms. The summed E-state index contributed by atoms with van der Waals surface area (Å²) in [7, 11) is 6.16. The third-order valence-electron chi connectivity index (χ3n) is 3.95. The first-order valence-corrected chi connectivity index (χ1v) is 7.63. The van der Waals surface area contributed by atoms with Gasteiger partial charge in [0.05, 0.1) is 0 Å². The van der Waals surface area contributed by atoms with Crippen LogP contribution in [0.4, 0.5) is 0 Å². The van der Waals surface area contributed by atoms with Crippen LogP contribution in [0.15, 0.2) is 4.99 Å². The van der Waals surface area contributed by atoms with Crippen molar-refractivity contribution in [2.45, 2.75) is 59.0 Å². The number of guanidine groups is 1. The van der Waals surface area contributed by atoms with Crippen LogP contribution in [0.25, 0.3) is 0 Å². The molecule has 0 aliphatic heterocycles. The van der Waals surface area contributed by atoms with E-state index in [2.05, 4.69) is 62.3 Å². The van der Waals surface area contributed by atoms with Crippen LogP contribution in [0.2, 0.25) is 0 Å². The van der Waals surface area contributed by atoms with Crippen LogP contribution in [0, 0.1) is 5.92 Å². The van der Waals surface area contributed by atoms with E-state index in [1.165, 1.54) is 12.8 Å². The average Bonchev–Trinajstić information content (AvgIpc) is 2.41. The zero-order valence-corrected chi connectivity index (χ0v) is 14.0. The smallest absolute Gasteiger partial charge is 0.191 e. The first-order valence-electron chi connectivity index (χ1n) is 7.63. The summed E-state index contributed by atoms with van der Waals surface area (Å²) >= 11 is 0. The molecule has 0 amide bonds. The molecule has 2 N–H and O–H groups in total. The SMILES string of the molecule is CCC(C)NC(=NC)NCC(C(CC)CC)N(C)C. The second-order valence-corrected chi connectivity index (χ2v) is 5.51. The van der Waals surface area contributed by atoms with Crippen molar-refractivity contribution in [3.8, 4) is 0 Å². The normalized spacial score (nSPS) is 15.7. The van der Waals surface area contributed by atoms with Crippen LogP contribution in [0.3, 0.4) is 0 Å². The van der Waals surface area contributed by atoms with Gasteiger partial charge in [-0.1, -0.05) is 33.6 Å². The Kier molecular flexibility index (Phi) is 9.66. The van der Waals surface area contributed by atoms with Gasteiger partial charge in [0.2, 0.25) is 0 Å². The van der Waals surface area contributed by atoms with Gasteiger partial charge < -0.3 is 15.5 Å². The van der Waals surface area contributed by atoms with Crippen molar-refractivity contribution in [1.29, 1.82) is 0 Å². The highest BCUT2D eigenvalue weighted by Crippen LogP contribution is 2.16. The fourth-order valence-corrected chi connectivity index (χ4v) is 2.34. The Labute approximate surface area is 120 Å². The van der Waals surface area contributed by atoms with E-state index in [1.54, 1.807) is 0 Å². The molecule has 2 atom stereocenters. The summed E-state index contributed by atoms with van der Waals surface area (Å²) in [6, 6.07) is 1.00. The van der Waals surface area contributed by atoms with Gasteiger partial charge in [-0.05, 0) is 33.4 Å². The van der Waals surface area contributed by atoms with Crippen LogP contribution < -0.4 is 10.6 Å². The molecule has 114 valence electrons. The second kappa shape index (κ2) is 10.1. The maximum atomic E-state index is 4.29. The second-order valence-electron chi connectivity index (χ2n) is 5.51. The molecule has 0 rings (SSSR count). The quantitative estimate of drug-likeness (QED) is 0.525. The number of nitrogens with zero attached hydrogens (tertiary/aromatic N) is 2. The first kappa shape index (κ1) is 18.2. The molecule has 0 bridgehead atoms. The highest BCUT2D eigenvalue weighted by Gasteiger charge is 2.20. The molecule has 4 nitrogen and oxygen atoms in total. The number of rotatable bonds is 8. The van der Waals surface area contributed by atoms with Gasteiger partial charge in [-0.15, -0.1) is 0 Å². The highest BCUT2D eigenvalue weighted by molar-refractivity contribution is 5.79. The standard InChI is InChI=1S/C15H34N4/c1-8-12(4)18-15(16-5)17-11-14(19(6)7)13(9-2)10-3/h12-14H,8-11H2,1-7H3,(H2,16,17,18). The van der Waals surface area contributed by atoms with Crippen molar-refractivity contribution < 1.29 is 0 Å². The summed E-state index contributed by atoms with van der Waals surface area (Å²) in [6.45, 7) is 9.85. The molecule has 0 aliphatic carbocycles. The number of nitrogens with one attached hydrogen (secondary N) is 2. The Morgan fingerprint density at radius 3 is 2.05 bits per heavy atom. The molecule has 0 spiro atoms. The lowest BCUT2D eigenvalue weighted by atomic mass is 9.93. The number of aliphatic imine (C=N–C) groups is 1. The van der Waals surface area contributed by atoms with E-state index in [-0.39, 0.29) is 0 Å². The summed E-state index contributed by atoms with van der Waals surface area (Å²) in [4.78, 5) is 6.61. The van der Waals surface area contributed by atoms with Crippen molar-refractivity contribution in [3.63, 3.8) is 0 Å². The topological polar surface area (TPSA) is 39.7 Å². The van der Waals surface area contributed by atoms with Crippen molar-refractivity contribution in [2.75, 3.05) is 27.7 Å². The van der Waals surface area contributed by atoms with E-state index < -0.39 is 0 Å². The molecule has 0 heterocycles. The minimum atomic E-state index is 0.456. The highest BCUT2D eigenvalue weighted by atomic mass is 15.2. The van der Waals surface area contributed by atoms with Crippen molar-refractivity contribution in [2.24, 2.45) is 10.9 Å².